The molecule has 0 radical (unpaired) electrons. The predicted molar refractivity (Wildman–Crippen MR) is 114 cm³/mol. The molecular formula is C25H19F2NO5. The third kappa shape index (κ3) is 3.82. The molecule has 1 fully saturated rings. The molecule has 0 atom stereocenters. The van der Waals surface area contributed by atoms with Crippen LogP contribution in [0.3, 0.4) is 0 Å². The van der Waals surface area contributed by atoms with Gasteiger partial charge >= 0.3 is 6.29 Å². The number of ketones is 1. The van der Waals surface area contributed by atoms with Crippen LogP contribution in [0.5, 0.6) is 17.2 Å². The van der Waals surface area contributed by atoms with Crippen molar-refractivity contribution in [2.24, 2.45) is 0 Å². The van der Waals surface area contributed by atoms with E-state index in [0.717, 1.165) is 5.56 Å². The van der Waals surface area contributed by atoms with Crippen molar-refractivity contribution >= 4 is 12.1 Å². The quantitative estimate of drug-likeness (QED) is 0.545. The normalized spacial score (nSPS) is 16.9. The summed E-state index contributed by atoms with van der Waals surface area (Å²) in [4.78, 5) is 29.0. The van der Waals surface area contributed by atoms with Gasteiger partial charge in [0.2, 0.25) is 0 Å². The lowest BCUT2D eigenvalue weighted by Gasteiger charge is -2.16. The summed E-state index contributed by atoms with van der Waals surface area (Å²) in [5.74, 6) is -0.262. The number of aryl methyl sites for hydroxylation is 1. The van der Waals surface area contributed by atoms with Crippen molar-refractivity contribution in [3.63, 3.8) is 0 Å². The summed E-state index contributed by atoms with van der Waals surface area (Å²) in [6.45, 7) is 1.85. The number of carbonyl (C=O) groups excluding carboxylic acids is 2. The van der Waals surface area contributed by atoms with Crippen LogP contribution in [-0.2, 0) is 16.6 Å². The van der Waals surface area contributed by atoms with Crippen molar-refractivity contribution in [2.75, 3.05) is 0 Å². The minimum atomic E-state index is -3.71. The van der Waals surface area contributed by atoms with Crippen molar-refractivity contribution < 1.29 is 33.0 Å². The Labute approximate surface area is 187 Å². The number of aldehydes is 1. The number of Topliss-reactive ketones (excluding diaryl/α,β-unsaturated/α-hetero) is 1. The van der Waals surface area contributed by atoms with E-state index in [9.17, 15) is 23.5 Å². The summed E-state index contributed by atoms with van der Waals surface area (Å²) >= 11 is 0. The summed E-state index contributed by atoms with van der Waals surface area (Å²) < 4.78 is 35.7. The number of phenols is 1. The molecule has 0 saturated heterocycles. The number of alkyl halides is 2. The fourth-order valence-electron chi connectivity index (χ4n) is 4.23. The molecule has 6 nitrogen and oxygen atoms in total. The number of halogens is 2. The van der Waals surface area contributed by atoms with Gasteiger partial charge in [0.15, 0.2) is 11.5 Å². The second-order valence-electron chi connectivity index (χ2n) is 8.41. The predicted octanol–water partition coefficient (Wildman–Crippen LogP) is 4.74. The maximum Gasteiger partial charge on any atom is 0.586 e. The van der Waals surface area contributed by atoms with Gasteiger partial charge in [-0.25, -0.2) is 0 Å². The van der Waals surface area contributed by atoms with E-state index in [1.165, 1.54) is 24.3 Å². The third-order valence-electron chi connectivity index (χ3n) is 6.08. The number of hydrogen-bond acceptors (Lipinski definition) is 6. The smallest absolute Gasteiger partial charge is 0.508 e. The highest BCUT2D eigenvalue weighted by molar-refractivity contribution is 5.94. The van der Waals surface area contributed by atoms with Gasteiger partial charge in [-0.1, -0.05) is 12.1 Å². The summed E-state index contributed by atoms with van der Waals surface area (Å²) in [6, 6.07) is 12.6. The van der Waals surface area contributed by atoms with Crippen LogP contribution in [0.1, 0.15) is 40.0 Å². The molecular weight excluding hydrogens is 432 g/mol. The van der Waals surface area contributed by atoms with Crippen LogP contribution >= 0.6 is 0 Å². The number of hydrogen-bond donors (Lipinski definition) is 1. The van der Waals surface area contributed by atoms with Crippen LogP contribution in [0.4, 0.5) is 8.78 Å². The van der Waals surface area contributed by atoms with Gasteiger partial charge in [0, 0.05) is 23.2 Å². The molecule has 0 amide bonds. The standard InChI is InChI=1S/C25H19F2NO5/c1-14-2-4-18(28-23(14)16-8-15(13-29)9-19(30)10-16)12-22(31)24(6-7-24)17-3-5-20-21(11-17)33-25(26,27)32-20/h2-5,8-11,13,30H,6-7,12H2,1H3. The highest BCUT2D eigenvalue weighted by Crippen LogP contribution is 2.52. The lowest BCUT2D eigenvalue weighted by Crippen LogP contribution is -2.26. The lowest BCUT2D eigenvalue weighted by atomic mass is 9.88. The molecule has 1 N–H and O–H groups in total. The fourth-order valence-corrected chi connectivity index (χ4v) is 4.23. The molecule has 2 heterocycles. The molecule has 1 aliphatic carbocycles. The highest BCUT2D eigenvalue weighted by Gasteiger charge is 2.52. The lowest BCUT2D eigenvalue weighted by molar-refractivity contribution is -0.286. The van der Waals surface area contributed by atoms with Crippen molar-refractivity contribution in [2.45, 2.75) is 37.9 Å². The monoisotopic (exact) mass is 451 g/mol. The first-order chi connectivity index (χ1) is 15.7. The number of phenolic OH excluding ortho intramolecular Hbond substituents is 1. The SMILES string of the molecule is Cc1ccc(CC(=O)C2(c3ccc4c(c3)OC(F)(F)O4)CC2)nc1-c1cc(O)cc(C=O)c1. The first kappa shape index (κ1) is 21.1. The summed E-state index contributed by atoms with van der Waals surface area (Å²) in [5, 5.41) is 9.93. The highest BCUT2D eigenvalue weighted by atomic mass is 19.3. The largest absolute Gasteiger partial charge is 0.586 e. The number of aromatic nitrogens is 1. The third-order valence-corrected chi connectivity index (χ3v) is 6.08. The second kappa shape index (κ2) is 7.37. The molecule has 8 heteroatoms. The Bertz CT molecular complexity index is 1300. The summed E-state index contributed by atoms with van der Waals surface area (Å²) in [7, 11) is 0. The topological polar surface area (TPSA) is 85.7 Å². The molecule has 0 bridgehead atoms. The Kier molecular flexibility index (Phi) is 4.70. The van der Waals surface area contributed by atoms with E-state index in [4.69, 9.17) is 0 Å². The molecule has 0 spiro atoms. The molecule has 1 aliphatic heterocycles. The molecule has 1 aromatic heterocycles. The van der Waals surface area contributed by atoms with Gasteiger partial charge in [0.05, 0.1) is 11.1 Å². The number of rotatable bonds is 6. The molecule has 5 rings (SSSR count). The van der Waals surface area contributed by atoms with Crippen LogP contribution < -0.4 is 9.47 Å². The van der Waals surface area contributed by atoms with Gasteiger partial charge in [0.25, 0.3) is 0 Å². The number of pyridine rings is 1. The first-order valence-corrected chi connectivity index (χ1v) is 10.4. The Morgan fingerprint density at radius 2 is 1.85 bits per heavy atom. The molecule has 2 aromatic carbocycles. The Morgan fingerprint density at radius 1 is 1.09 bits per heavy atom. The summed E-state index contributed by atoms with van der Waals surface area (Å²) in [6.07, 6.45) is -1.80. The van der Waals surface area contributed by atoms with Crippen LogP contribution in [0, 0.1) is 6.92 Å². The van der Waals surface area contributed by atoms with Crippen LogP contribution in [0.25, 0.3) is 11.3 Å². The molecule has 168 valence electrons. The van der Waals surface area contributed by atoms with Crippen LogP contribution in [-0.4, -0.2) is 28.5 Å². The Hall–Kier alpha value is -3.81. The van der Waals surface area contributed by atoms with Gasteiger partial charge in [-0.15, -0.1) is 8.78 Å². The zero-order valence-electron chi connectivity index (χ0n) is 17.6. The van der Waals surface area contributed by atoms with E-state index in [2.05, 4.69) is 14.5 Å². The number of carbonyl (C=O) groups is 2. The van der Waals surface area contributed by atoms with Gasteiger partial charge < -0.3 is 14.6 Å². The molecule has 2 aliphatic rings. The summed E-state index contributed by atoms with van der Waals surface area (Å²) in [5.41, 5.74) is 2.66. The van der Waals surface area contributed by atoms with E-state index in [1.807, 2.05) is 13.0 Å². The van der Waals surface area contributed by atoms with Gasteiger partial charge in [-0.3, -0.25) is 14.6 Å². The minimum Gasteiger partial charge on any atom is -0.508 e. The fraction of sp³-hybridized carbons (Fsp3) is 0.240. The molecule has 0 unspecified atom stereocenters. The maximum absolute atomic E-state index is 13.4. The molecule has 33 heavy (non-hydrogen) atoms. The van der Waals surface area contributed by atoms with Gasteiger partial charge in [0.1, 0.15) is 17.8 Å². The number of benzene rings is 2. The minimum absolute atomic E-state index is 0.0528. The van der Waals surface area contributed by atoms with E-state index in [1.54, 1.807) is 18.2 Å². The van der Waals surface area contributed by atoms with Crippen molar-refractivity contribution in [3.05, 3.63) is 70.9 Å². The number of fused-ring (bicyclic) bond motifs is 1. The van der Waals surface area contributed by atoms with Gasteiger partial charge in [-0.2, -0.15) is 0 Å². The number of aromatic hydroxyl groups is 1. The van der Waals surface area contributed by atoms with Crippen molar-refractivity contribution in [3.8, 4) is 28.5 Å². The average Bonchev–Trinajstić information content (AvgIpc) is 3.51. The van der Waals surface area contributed by atoms with Crippen molar-refractivity contribution in [1.82, 2.24) is 4.98 Å². The van der Waals surface area contributed by atoms with E-state index < -0.39 is 11.7 Å². The van der Waals surface area contributed by atoms with E-state index >= 15 is 0 Å². The second-order valence-corrected chi connectivity index (χ2v) is 8.41. The molecule has 3 aromatic rings. The number of ether oxygens (including phenoxy) is 2. The van der Waals surface area contributed by atoms with Crippen molar-refractivity contribution in [1.29, 1.82) is 0 Å². The zero-order chi connectivity index (χ0) is 23.4. The van der Waals surface area contributed by atoms with Gasteiger partial charge in [-0.05, 0) is 67.3 Å². The maximum atomic E-state index is 13.4. The number of nitrogens with zero attached hydrogens (tertiary/aromatic N) is 1. The zero-order valence-corrected chi connectivity index (χ0v) is 17.6. The van der Waals surface area contributed by atoms with Crippen LogP contribution in [0.15, 0.2) is 48.5 Å². The van der Waals surface area contributed by atoms with Crippen LogP contribution in [0.2, 0.25) is 0 Å². The molecule has 1 saturated carbocycles. The Balaban J connectivity index is 1.42. The first-order valence-electron chi connectivity index (χ1n) is 10.4. The Morgan fingerprint density at radius 3 is 2.58 bits per heavy atom. The average molecular weight is 451 g/mol. The van der Waals surface area contributed by atoms with E-state index in [0.29, 0.717) is 47.2 Å². The van der Waals surface area contributed by atoms with E-state index in [-0.39, 0.29) is 29.5 Å².